The van der Waals surface area contributed by atoms with Gasteiger partial charge in [-0.05, 0) is 30.3 Å². The number of nitrogens with one attached hydrogen (secondary N) is 1. The van der Waals surface area contributed by atoms with E-state index in [1.54, 1.807) is 0 Å². The third-order valence-electron chi connectivity index (χ3n) is 5.27. The molecule has 0 fully saturated rings. The van der Waals surface area contributed by atoms with Crippen molar-refractivity contribution in [2.45, 2.75) is 25.9 Å². The van der Waals surface area contributed by atoms with Gasteiger partial charge in [-0.15, -0.1) is 0 Å². The molecule has 28 heavy (non-hydrogen) atoms. The minimum absolute atomic E-state index is 0.00435. The molecule has 1 aliphatic heterocycles. The van der Waals surface area contributed by atoms with Crippen LogP contribution in [0.4, 0.5) is 0 Å². The highest BCUT2D eigenvalue weighted by Crippen LogP contribution is 2.31. The highest BCUT2D eigenvalue weighted by molar-refractivity contribution is 7.80. The van der Waals surface area contributed by atoms with Crippen LogP contribution in [-0.2, 0) is 30.7 Å². The molecule has 2 aromatic carbocycles. The normalized spacial score (nSPS) is 13.4. The first kappa shape index (κ1) is 18.5. The number of fused-ring (bicyclic) bond motifs is 3. The average Bonchev–Trinajstić information content (AvgIpc) is 3.01. The van der Waals surface area contributed by atoms with Crippen molar-refractivity contribution in [1.29, 1.82) is 0 Å². The Morgan fingerprint density at radius 2 is 1.86 bits per heavy atom. The van der Waals surface area contributed by atoms with Crippen LogP contribution in [0.1, 0.15) is 16.8 Å². The fraction of sp³-hybridized carbons (Fsp3) is 0.273. The lowest BCUT2D eigenvalue weighted by molar-refractivity contribution is -0.137. The predicted octanol–water partition coefficient (Wildman–Crippen LogP) is 3.20. The van der Waals surface area contributed by atoms with Crippen LogP contribution in [0.5, 0.6) is 0 Å². The maximum atomic E-state index is 11.3. The van der Waals surface area contributed by atoms with Crippen molar-refractivity contribution in [3.8, 4) is 0 Å². The van der Waals surface area contributed by atoms with Gasteiger partial charge >= 0.3 is 5.97 Å². The molecule has 4 rings (SSSR count). The number of nitrogens with zero attached hydrogens (tertiary/aromatic N) is 2. The fourth-order valence-corrected chi connectivity index (χ4v) is 4.22. The first-order valence-electron chi connectivity index (χ1n) is 9.51. The van der Waals surface area contributed by atoms with E-state index in [0.29, 0.717) is 6.54 Å². The second-order valence-corrected chi connectivity index (χ2v) is 7.45. The molecule has 0 saturated heterocycles. The molecular weight excluding hydrogens is 370 g/mol. The summed E-state index contributed by atoms with van der Waals surface area (Å²) in [5.74, 6) is -0.816. The first-order chi connectivity index (χ1) is 13.6. The van der Waals surface area contributed by atoms with Crippen molar-refractivity contribution in [3.05, 3.63) is 71.4 Å². The third-order valence-corrected chi connectivity index (χ3v) is 5.68. The van der Waals surface area contributed by atoms with Gasteiger partial charge in [-0.2, -0.15) is 0 Å². The topological polar surface area (TPSA) is 57.5 Å². The van der Waals surface area contributed by atoms with Gasteiger partial charge in [-0.25, -0.2) is 0 Å². The smallest absolute Gasteiger partial charge is 0.323 e. The number of hydrogen-bond donors (Lipinski definition) is 2. The maximum absolute atomic E-state index is 11.3. The van der Waals surface area contributed by atoms with Crippen molar-refractivity contribution in [2.24, 2.45) is 0 Å². The Labute approximate surface area is 169 Å². The van der Waals surface area contributed by atoms with E-state index in [-0.39, 0.29) is 6.54 Å². The third kappa shape index (κ3) is 3.73. The minimum atomic E-state index is -0.816. The Kier molecular flexibility index (Phi) is 5.30. The van der Waals surface area contributed by atoms with E-state index < -0.39 is 5.97 Å². The largest absolute Gasteiger partial charge is 0.480 e. The highest BCUT2D eigenvalue weighted by atomic mass is 32.1. The number of carboxylic acid groups (broad SMARTS) is 1. The van der Waals surface area contributed by atoms with E-state index in [2.05, 4.69) is 28.4 Å². The Morgan fingerprint density at radius 3 is 2.64 bits per heavy atom. The van der Waals surface area contributed by atoms with Gasteiger partial charge in [0.25, 0.3) is 0 Å². The molecule has 0 amide bonds. The first-order valence-corrected chi connectivity index (χ1v) is 9.92. The van der Waals surface area contributed by atoms with Crippen molar-refractivity contribution < 1.29 is 9.90 Å². The van der Waals surface area contributed by atoms with Crippen LogP contribution in [-0.4, -0.2) is 38.7 Å². The summed E-state index contributed by atoms with van der Waals surface area (Å²) >= 11 is 5.63. The van der Waals surface area contributed by atoms with Gasteiger partial charge in [0.15, 0.2) is 5.11 Å². The number of thiocarbonyl (C=S) groups is 1. The number of aromatic nitrogens is 1. The van der Waals surface area contributed by atoms with Crippen LogP contribution in [0, 0.1) is 0 Å². The Morgan fingerprint density at radius 1 is 1.11 bits per heavy atom. The zero-order chi connectivity index (χ0) is 19.5. The number of carbonyl (C=O) groups is 1. The number of carboxylic acids is 1. The van der Waals surface area contributed by atoms with Crippen molar-refractivity contribution >= 4 is 34.2 Å². The predicted molar refractivity (Wildman–Crippen MR) is 114 cm³/mol. The quantitative estimate of drug-likeness (QED) is 0.652. The molecule has 0 radical (unpaired) electrons. The van der Waals surface area contributed by atoms with E-state index in [1.807, 2.05) is 41.0 Å². The molecule has 6 heteroatoms. The van der Waals surface area contributed by atoms with E-state index >= 15 is 0 Å². The molecule has 0 aliphatic carbocycles. The van der Waals surface area contributed by atoms with E-state index in [9.17, 15) is 9.90 Å². The lowest BCUT2D eigenvalue weighted by Gasteiger charge is -2.30. The lowest BCUT2D eigenvalue weighted by Crippen LogP contribution is -2.43. The highest BCUT2D eigenvalue weighted by Gasteiger charge is 2.25. The average molecular weight is 394 g/mol. The van der Waals surface area contributed by atoms with Crippen molar-refractivity contribution in [3.63, 3.8) is 0 Å². The molecule has 0 bridgehead atoms. The van der Waals surface area contributed by atoms with Gasteiger partial charge in [0.2, 0.25) is 0 Å². The second-order valence-electron chi connectivity index (χ2n) is 7.06. The number of para-hydroxylation sites is 1. The van der Waals surface area contributed by atoms with Gasteiger partial charge in [0.1, 0.15) is 6.54 Å². The summed E-state index contributed by atoms with van der Waals surface area (Å²) in [7, 11) is 0. The van der Waals surface area contributed by atoms with Crippen LogP contribution in [0.3, 0.4) is 0 Å². The minimum Gasteiger partial charge on any atom is -0.480 e. The van der Waals surface area contributed by atoms with Gasteiger partial charge in [0.05, 0.1) is 0 Å². The number of rotatable bonds is 5. The molecule has 2 heterocycles. The Bertz CT molecular complexity index is 1010. The van der Waals surface area contributed by atoms with Gasteiger partial charge in [-0.1, -0.05) is 48.5 Å². The standard InChI is InChI=1S/C22H23N3O2S/c26-21(27)15-25-19-9-5-4-8-17(19)18-14-24(13-11-20(18)25)22(28)23-12-10-16-6-2-1-3-7-16/h1-9H,10-15H2,(H,23,28)(H,26,27). The van der Waals surface area contributed by atoms with E-state index in [4.69, 9.17) is 12.2 Å². The van der Waals surface area contributed by atoms with Crippen LogP contribution in [0.2, 0.25) is 0 Å². The summed E-state index contributed by atoms with van der Waals surface area (Å²) in [4.78, 5) is 13.5. The van der Waals surface area contributed by atoms with Crippen LogP contribution in [0.15, 0.2) is 54.6 Å². The van der Waals surface area contributed by atoms with Gasteiger partial charge in [-0.3, -0.25) is 4.79 Å². The summed E-state index contributed by atoms with van der Waals surface area (Å²) in [6, 6.07) is 18.4. The van der Waals surface area contributed by atoms with Crippen molar-refractivity contribution in [2.75, 3.05) is 13.1 Å². The van der Waals surface area contributed by atoms with Crippen molar-refractivity contribution in [1.82, 2.24) is 14.8 Å². The van der Waals surface area contributed by atoms with Gasteiger partial charge in [0, 0.05) is 48.2 Å². The molecule has 144 valence electrons. The molecule has 1 aromatic heterocycles. The molecule has 0 unspecified atom stereocenters. The molecule has 5 nitrogen and oxygen atoms in total. The summed E-state index contributed by atoms with van der Waals surface area (Å²) in [5.41, 5.74) is 4.58. The van der Waals surface area contributed by atoms with Crippen LogP contribution in [0.25, 0.3) is 10.9 Å². The molecule has 1 aliphatic rings. The molecule has 0 spiro atoms. The molecular formula is C22H23N3O2S. The monoisotopic (exact) mass is 393 g/mol. The van der Waals surface area contributed by atoms with E-state index in [1.165, 1.54) is 11.1 Å². The molecule has 0 atom stereocenters. The Hall–Kier alpha value is -2.86. The maximum Gasteiger partial charge on any atom is 0.323 e. The number of aliphatic carboxylic acids is 1. The summed E-state index contributed by atoms with van der Waals surface area (Å²) in [5, 5.41) is 14.6. The van der Waals surface area contributed by atoms with E-state index in [0.717, 1.165) is 47.6 Å². The van der Waals surface area contributed by atoms with Crippen LogP contribution < -0.4 is 5.32 Å². The Balaban J connectivity index is 1.48. The van der Waals surface area contributed by atoms with Crippen LogP contribution >= 0.6 is 12.2 Å². The number of benzene rings is 2. The molecule has 3 aromatic rings. The fourth-order valence-electron chi connectivity index (χ4n) is 3.96. The SMILES string of the molecule is O=C(O)Cn1c2c(c3ccccc31)CN(C(=S)NCCc1ccccc1)CC2. The molecule has 2 N–H and O–H groups in total. The second kappa shape index (κ2) is 8.02. The number of hydrogen-bond acceptors (Lipinski definition) is 2. The lowest BCUT2D eigenvalue weighted by atomic mass is 10.0. The summed E-state index contributed by atoms with van der Waals surface area (Å²) < 4.78 is 1.94. The zero-order valence-corrected chi connectivity index (χ0v) is 16.4. The van der Waals surface area contributed by atoms with Gasteiger partial charge < -0.3 is 19.9 Å². The summed E-state index contributed by atoms with van der Waals surface area (Å²) in [6.07, 6.45) is 1.72. The summed E-state index contributed by atoms with van der Waals surface area (Å²) in [6.45, 7) is 2.29. The zero-order valence-electron chi connectivity index (χ0n) is 15.6. The molecule has 0 saturated carbocycles.